The van der Waals surface area contributed by atoms with Gasteiger partial charge in [-0.15, -0.1) is 10.2 Å². The van der Waals surface area contributed by atoms with Crippen LogP contribution in [-0.2, 0) is 7.05 Å². The number of hydrogen-bond donors (Lipinski definition) is 2. The van der Waals surface area contributed by atoms with E-state index >= 15 is 0 Å². The smallest absolute Gasteiger partial charge is 0.238 e. The number of aromatic nitrogens is 3. The lowest BCUT2D eigenvalue weighted by Gasteiger charge is -1.96. The van der Waals surface area contributed by atoms with E-state index in [1.165, 1.54) is 0 Å². The van der Waals surface area contributed by atoms with Crippen molar-refractivity contribution in [2.75, 3.05) is 5.43 Å². The first-order valence-corrected chi connectivity index (χ1v) is 2.58. The molecule has 0 radical (unpaired) electrons. The lowest BCUT2D eigenvalue weighted by atomic mass is 10.7. The number of nitrogen functional groups attached to an aromatic ring is 1. The highest BCUT2D eigenvalue weighted by atomic mass is 15.4. The maximum absolute atomic E-state index is 5.09. The van der Waals surface area contributed by atoms with Crippen LogP contribution in [0.4, 0.5) is 5.95 Å². The van der Waals surface area contributed by atoms with Gasteiger partial charge in [-0.25, -0.2) is 5.84 Å². The van der Waals surface area contributed by atoms with E-state index in [0.717, 1.165) is 5.82 Å². The molecular weight excluding hydrogens is 118 g/mol. The van der Waals surface area contributed by atoms with Crippen molar-refractivity contribution < 1.29 is 0 Å². The number of hydrogen-bond acceptors (Lipinski definition) is 4. The van der Waals surface area contributed by atoms with Crippen LogP contribution in [-0.4, -0.2) is 14.8 Å². The Morgan fingerprint density at radius 1 is 1.56 bits per heavy atom. The molecule has 9 heavy (non-hydrogen) atoms. The first kappa shape index (κ1) is 6.03. The first-order valence-electron chi connectivity index (χ1n) is 2.58. The molecule has 3 N–H and O–H groups in total. The summed E-state index contributed by atoms with van der Waals surface area (Å²) in [5, 5.41) is 7.47. The van der Waals surface area contributed by atoms with Gasteiger partial charge in [-0.2, -0.15) is 0 Å². The molecule has 1 heterocycles. The zero-order chi connectivity index (χ0) is 6.85. The third-order valence-corrected chi connectivity index (χ3v) is 1.22. The maximum Gasteiger partial charge on any atom is 0.238 e. The van der Waals surface area contributed by atoms with Crippen LogP contribution in [0, 0.1) is 6.92 Å². The fourth-order valence-electron chi connectivity index (χ4n) is 0.533. The molecule has 5 nitrogen and oxygen atoms in total. The van der Waals surface area contributed by atoms with Crippen LogP contribution in [0.3, 0.4) is 0 Å². The molecule has 0 bridgehead atoms. The topological polar surface area (TPSA) is 68.8 Å². The molecule has 0 amide bonds. The molecule has 1 rings (SSSR count). The SMILES string of the molecule is Cc1nnc(NN)n1C. The van der Waals surface area contributed by atoms with Gasteiger partial charge in [0.05, 0.1) is 0 Å². The maximum atomic E-state index is 5.09. The van der Waals surface area contributed by atoms with E-state index in [1.807, 2.05) is 14.0 Å². The summed E-state index contributed by atoms with van der Waals surface area (Å²) in [6.07, 6.45) is 0. The molecule has 0 atom stereocenters. The molecule has 0 fully saturated rings. The van der Waals surface area contributed by atoms with E-state index in [0.29, 0.717) is 5.95 Å². The van der Waals surface area contributed by atoms with Crippen molar-refractivity contribution in [2.45, 2.75) is 6.92 Å². The Kier molecular flexibility index (Phi) is 1.35. The zero-order valence-corrected chi connectivity index (χ0v) is 5.42. The van der Waals surface area contributed by atoms with E-state index in [-0.39, 0.29) is 0 Å². The zero-order valence-electron chi connectivity index (χ0n) is 5.42. The molecule has 0 spiro atoms. The largest absolute Gasteiger partial charge is 0.300 e. The van der Waals surface area contributed by atoms with Gasteiger partial charge < -0.3 is 0 Å². The molecule has 0 saturated carbocycles. The monoisotopic (exact) mass is 127 g/mol. The van der Waals surface area contributed by atoms with Crippen LogP contribution >= 0.6 is 0 Å². The summed E-state index contributed by atoms with van der Waals surface area (Å²) in [5.41, 5.74) is 2.41. The molecule has 0 aliphatic rings. The van der Waals surface area contributed by atoms with Gasteiger partial charge in [-0.3, -0.25) is 9.99 Å². The first-order chi connectivity index (χ1) is 4.25. The van der Waals surface area contributed by atoms with Crippen LogP contribution < -0.4 is 11.3 Å². The standard InChI is InChI=1S/C4H9N5/c1-3-7-8-4(6-5)9(3)2/h5H2,1-2H3,(H,6,8). The van der Waals surface area contributed by atoms with Gasteiger partial charge in [0.2, 0.25) is 5.95 Å². The second-order valence-electron chi connectivity index (χ2n) is 1.77. The highest BCUT2D eigenvalue weighted by Crippen LogP contribution is 1.99. The summed E-state index contributed by atoms with van der Waals surface area (Å²) in [7, 11) is 1.84. The molecule has 0 aliphatic heterocycles. The van der Waals surface area contributed by atoms with E-state index in [2.05, 4.69) is 15.6 Å². The van der Waals surface area contributed by atoms with Crippen molar-refractivity contribution in [3.8, 4) is 0 Å². The third kappa shape index (κ3) is 0.857. The van der Waals surface area contributed by atoms with Crippen molar-refractivity contribution in [3.63, 3.8) is 0 Å². The Labute approximate surface area is 52.8 Å². The van der Waals surface area contributed by atoms with Gasteiger partial charge in [-0.05, 0) is 6.92 Å². The average Bonchev–Trinajstić information content (AvgIpc) is 2.15. The normalized spacial score (nSPS) is 9.67. The fourth-order valence-corrected chi connectivity index (χ4v) is 0.533. The van der Waals surface area contributed by atoms with Gasteiger partial charge in [0.1, 0.15) is 5.82 Å². The van der Waals surface area contributed by atoms with Crippen LogP contribution in [0.5, 0.6) is 0 Å². The molecule has 50 valence electrons. The van der Waals surface area contributed by atoms with Gasteiger partial charge in [-0.1, -0.05) is 0 Å². The highest BCUT2D eigenvalue weighted by Gasteiger charge is 1.99. The van der Waals surface area contributed by atoms with Gasteiger partial charge in [0, 0.05) is 7.05 Å². The molecule has 1 aromatic rings. The van der Waals surface area contributed by atoms with Crippen molar-refractivity contribution in [1.29, 1.82) is 0 Å². The van der Waals surface area contributed by atoms with E-state index in [9.17, 15) is 0 Å². The molecule has 0 aliphatic carbocycles. The minimum absolute atomic E-state index is 0.576. The second-order valence-corrected chi connectivity index (χ2v) is 1.77. The van der Waals surface area contributed by atoms with Crippen LogP contribution in [0.15, 0.2) is 0 Å². The molecule has 0 saturated heterocycles. The minimum atomic E-state index is 0.576. The Bertz CT molecular complexity index is 203. The molecule has 0 aromatic carbocycles. The Balaban J connectivity index is 3.04. The average molecular weight is 127 g/mol. The second kappa shape index (κ2) is 2.02. The summed E-state index contributed by atoms with van der Waals surface area (Å²) in [5.74, 6) is 6.50. The highest BCUT2D eigenvalue weighted by molar-refractivity contribution is 5.21. The van der Waals surface area contributed by atoms with Crippen molar-refractivity contribution in [1.82, 2.24) is 14.8 Å². The quantitative estimate of drug-likeness (QED) is 0.391. The number of hydrazine groups is 1. The van der Waals surface area contributed by atoms with E-state index < -0.39 is 0 Å². The van der Waals surface area contributed by atoms with Gasteiger partial charge >= 0.3 is 0 Å². The lowest BCUT2D eigenvalue weighted by molar-refractivity contribution is 0.859. The summed E-state index contributed by atoms with van der Waals surface area (Å²) < 4.78 is 1.76. The summed E-state index contributed by atoms with van der Waals surface area (Å²) in [4.78, 5) is 0. The van der Waals surface area contributed by atoms with Crippen molar-refractivity contribution in [3.05, 3.63) is 5.82 Å². The molecule has 5 heteroatoms. The van der Waals surface area contributed by atoms with Crippen LogP contribution in [0.25, 0.3) is 0 Å². The lowest BCUT2D eigenvalue weighted by Crippen LogP contribution is -2.11. The van der Waals surface area contributed by atoms with Crippen molar-refractivity contribution in [2.24, 2.45) is 12.9 Å². The van der Waals surface area contributed by atoms with E-state index in [1.54, 1.807) is 4.57 Å². The predicted octanol–water partition coefficient (Wildman–Crippen LogP) is -0.591. The van der Waals surface area contributed by atoms with Crippen molar-refractivity contribution >= 4 is 5.95 Å². The van der Waals surface area contributed by atoms with Crippen LogP contribution in [0.1, 0.15) is 5.82 Å². The molecule has 0 unspecified atom stereocenters. The Morgan fingerprint density at radius 3 is 2.44 bits per heavy atom. The number of rotatable bonds is 1. The number of nitrogens with two attached hydrogens (primary N) is 1. The number of nitrogens with zero attached hydrogens (tertiary/aromatic N) is 3. The summed E-state index contributed by atoms with van der Waals surface area (Å²) in [6.45, 7) is 1.86. The number of nitrogens with one attached hydrogen (secondary N) is 1. The molecular formula is C4H9N5. The summed E-state index contributed by atoms with van der Waals surface area (Å²) in [6, 6.07) is 0. The Hall–Kier alpha value is -1.10. The predicted molar refractivity (Wildman–Crippen MR) is 33.6 cm³/mol. The number of aryl methyl sites for hydroxylation is 1. The molecule has 1 aromatic heterocycles. The van der Waals surface area contributed by atoms with Gasteiger partial charge in [0.25, 0.3) is 0 Å². The minimum Gasteiger partial charge on any atom is -0.300 e. The number of anilines is 1. The third-order valence-electron chi connectivity index (χ3n) is 1.22. The van der Waals surface area contributed by atoms with Gasteiger partial charge in [0.15, 0.2) is 0 Å². The van der Waals surface area contributed by atoms with Crippen LogP contribution in [0.2, 0.25) is 0 Å². The fraction of sp³-hybridized carbons (Fsp3) is 0.500. The van der Waals surface area contributed by atoms with E-state index in [4.69, 9.17) is 5.84 Å². The Morgan fingerprint density at radius 2 is 2.22 bits per heavy atom. The summed E-state index contributed by atoms with van der Waals surface area (Å²) >= 11 is 0.